The molecule has 0 fully saturated rings. The van der Waals surface area contributed by atoms with Gasteiger partial charge in [0, 0.05) is 41.5 Å². The Bertz CT molecular complexity index is 1210. The summed E-state index contributed by atoms with van der Waals surface area (Å²) in [7, 11) is 2.12. The predicted molar refractivity (Wildman–Crippen MR) is 117 cm³/mol. The van der Waals surface area contributed by atoms with Gasteiger partial charge in [-0.05, 0) is 44.2 Å². The first-order valence-electron chi connectivity index (χ1n) is 9.69. The van der Waals surface area contributed by atoms with E-state index in [-0.39, 0.29) is 5.56 Å². The van der Waals surface area contributed by atoms with Gasteiger partial charge in [0.05, 0.1) is 5.52 Å². The molecule has 0 saturated carbocycles. The minimum atomic E-state index is -0.0825. The molecule has 0 saturated heterocycles. The molecule has 0 aliphatic carbocycles. The number of rotatable bonds is 5. The van der Waals surface area contributed by atoms with Crippen LogP contribution in [0, 0.1) is 13.8 Å². The topological polar surface area (TPSA) is 61.9 Å². The fourth-order valence-corrected chi connectivity index (χ4v) is 3.51. The summed E-state index contributed by atoms with van der Waals surface area (Å²) in [6, 6.07) is 18.6. The van der Waals surface area contributed by atoms with E-state index in [1.807, 2.05) is 37.4 Å². The third-order valence-corrected chi connectivity index (χ3v) is 5.25. The van der Waals surface area contributed by atoms with Crippen molar-refractivity contribution < 1.29 is 0 Å². The molecule has 0 bridgehead atoms. The van der Waals surface area contributed by atoms with Gasteiger partial charge >= 0.3 is 0 Å². The minimum absolute atomic E-state index is 0.0825. The van der Waals surface area contributed by atoms with Gasteiger partial charge in [0.1, 0.15) is 5.82 Å². The van der Waals surface area contributed by atoms with Gasteiger partial charge in [-0.25, -0.2) is 4.98 Å². The fourth-order valence-electron chi connectivity index (χ4n) is 3.51. The van der Waals surface area contributed by atoms with Gasteiger partial charge in [0.25, 0.3) is 5.56 Å². The summed E-state index contributed by atoms with van der Waals surface area (Å²) in [5.74, 6) is 0.612. The highest BCUT2D eigenvalue weighted by Gasteiger charge is 2.08. The molecule has 1 N–H and O–H groups in total. The molecular formula is C24H24N4O. The van der Waals surface area contributed by atoms with E-state index in [9.17, 15) is 4.79 Å². The zero-order valence-corrected chi connectivity index (χ0v) is 16.9. The summed E-state index contributed by atoms with van der Waals surface area (Å²) >= 11 is 0. The second-order valence-electron chi connectivity index (χ2n) is 7.48. The molecule has 0 amide bonds. The van der Waals surface area contributed by atoms with Crippen LogP contribution in [-0.4, -0.2) is 26.9 Å². The van der Waals surface area contributed by atoms with Crippen LogP contribution in [0.5, 0.6) is 0 Å². The number of hydrogen-bond acceptors (Lipinski definition) is 4. The van der Waals surface area contributed by atoms with Crippen LogP contribution >= 0.6 is 0 Å². The number of hydrogen-bond donors (Lipinski definition) is 1. The highest BCUT2D eigenvalue weighted by molar-refractivity contribution is 5.81. The van der Waals surface area contributed by atoms with E-state index < -0.39 is 0 Å². The Morgan fingerprint density at radius 1 is 0.966 bits per heavy atom. The Hall–Kier alpha value is -3.31. The number of pyridine rings is 1. The zero-order chi connectivity index (χ0) is 20.4. The average Bonchev–Trinajstić information content (AvgIpc) is 2.72. The molecule has 2 aromatic carbocycles. The van der Waals surface area contributed by atoms with Crippen LogP contribution in [0.1, 0.15) is 22.4 Å². The first kappa shape index (κ1) is 19.0. The second-order valence-corrected chi connectivity index (χ2v) is 7.48. The summed E-state index contributed by atoms with van der Waals surface area (Å²) < 4.78 is 0. The average molecular weight is 384 g/mol. The number of benzene rings is 2. The maximum atomic E-state index is 12.0. The van der Waals surface area contributed by atoms with Crippen LogP contribution in [0.2, 0.25) is 0 Å². The van der Waals surface area contributed by atoms with Gasteiger partial charge in [0.15, 0.2) is 0 Å². The van der Waals surface area contributed by atoms with Gasteiger partial charge in [0.2, 0.25) is 0 Å². The van der Waals surface area contributed by atoms with Crippen molar-refractivity contribution in [1.29, 1.82) is 0 Å². The van der Waals surface area contributed by atoms with Crippen molar-refractivity contribution in [3.8, 4) is 11.4 Å². The van der Waals surface area contributed by atoms with Crippen LogP contribution in [0.3, 0.4) is 0 Å². The number of aromatic nitrogens is 3. The monoisotopic (exact) mass is 384 g/mol. The van der Waals surface area contributed by atoms with E-state index in [1.54, 1.807) is 6.92 Å². The third kappa shape index (κ3) is 4.10. The highest BCUT2D eigenvalue weighted by Crippen LogP contribution is 2.20. The smallest absolute Gasteiger partial charge is 0.254 e. The Kier molecular flexibility index (Phi) is 5.23. The van der Waals surface area contributed by atoms with E-state index in [1.165, 1.54) is 16.5 Å². The number of aryl methyl sites for hydroxylation is 1. The Morgan fingerprint density at radius 3 is 2.52 bits per heavy atom. The molecule has 5 heteroatoms. The number of H-pyrrole nitrogens is 1. The zero-order valence-electron chi connectivity index (χ0n) is 16.9. The largest absolute Gasteiger partial charge is 0.306 e. The lowest BCUT2D eigenvalue weighted by molar-refractivity contribution is 0.320. The highest BCUT2D eigenvalue weighted by atomic mass is 16.1. The molecule has 4 rings (SSSR count). The standard InChI is InChI=1S/C24H24N4O/c1-16-17(2)26-23(27-24(16)29)19-11-9-18(10-12-19)14-28(3)15-20-6-4-8-22-21(20)7-5-13-25-22/h4-13H,14-15H2,1-3H3,(H,26,27,29). The van der Waals surface area contributed by atoms with Crippen LogP contribution in [0.25, 0.3) is 22.3 Å². The van der Waals surface area contributed by atoms with Gasteiger partial charge in [-0.3, -0.25) is 14.7 Å². The molecule has 0 radical (unpaired) electrons. The van der Waals surface area contributed by atoms with Gasteiger partial charge in [-0.2, -0.15) is 0 Å². The Labute approximate surface area is 170 Å². The van der Waals surface area contributed by atoms with Crippen LogP contribution in [0.4, 0.5) is 0 Å². The van der Waals surface area contributed by atoms with Crippen molar-refractivity contribution in [2.24, 2.45) is 0 Å². The second kappa shape index (κ2) is 7.97. The van der Waals surface area contributed by atoms with Gasteiger partial charge in [-0.1, -0.05) is 42.5 Å². The summed E-state index contributed by atoms with van der Waals surface area (Å²) in [5.41, 5.74) is 5.76. The maximum Gasteiger partial charge on any atom is 0.254 e. The van der Waals surface area contributed by atoms with Crippen LogP contribution in [-0.2, 0) is 13.1 Å². The van der Waals surface area contributed by atoms with E-state index in [2.05, 4.69) is 57.2 Å². The molecule has 0 aliphatic rings. The van der Waals surface area contributed by atoms with E-state index >= 15 is 0 Å². The summed E-state index contributed by atoms with van der Waals surface area (Å²) in [6.07, 6.45) is 1.83. The Morgan fingerprint density at radius 2 is 1.76 bits per heavy atom. The lowest BCUT2D eigenvalue weighted by atomic mass is 10.1. The molecule has 0 atom stereocenters. The van der Waals surface area contributed by atoms with Crippen LogP contribution < -0.4 is 5.56 Å². The van der Waals surface area contributed by atoms with Crippen molar-refractivity contribution in [3.05, 3.63) is 93.5 Å². The van der Waals surface area contributed by atoms with Crippen molar-refractivity contribution >= 4 is 10.9 Å². The van der Waals surface area contributed by atoms with E-state index in [4.69, 9.17) is 0 Å². The number of fused-ring (bicyclic) bond motifs is 1. The molecule has 0 spiro atoms. The molecule has 5 nitrogen and oxygen atoms in total. The van der Waals surface area contributed by atoms with Crippen molar-refractivity contribution in [1.82, 2.24) is 19.9 Å². The lowest BCUT2D eigenvalue weighted by Gasteiger charge is -2.18. The molecule has 2 heterocycles. The molecule has 2 aromatic heterocycles. The molecule has 0 aliphatic heterocycles. The van der Waals surface area contributed by atoms with E-state index in [0.29, 0.717) is 11.4 Å². The summed E-state index contributed by atoms with van der Waals surface area (Å²) in [4.78, 5) is 26.1. The molecule has 146 valence electrons. The van der Waals surface area contributed by atoms with Crippen molar-refractivity contribution in [2.75, 3.05) is 7.05 Å². The lowest BCUT2D eigenvalue weighted by Crippen LogP contribution is -2.17. The maximum absolute atomic E-state index is 12.0. The number of nitrogens with one attached hydrogen (secondary N) is 1. The molecule has 29 heavy (non-hydrogen) atoms. The predicted octanol–water partition coefficient (Wildman–Crippen LogP) is 4.23. The van der Waals surface area contributed by atoms with Crippen molar-refractivity contribution in [2.45, 2.75) is 26.9 Å². The van der Waals surface area contributed by atoms with E-state index in [0.717, 1.165) is 29.9 Å². The van der Waals surface area contributed by atoms with Gasteiger partial charge < -0.3 is 4.98 Å². The van der Waals surface area contributed by atoms with Gasteiger partial charge in [-0.15, -0.1) is 0 Å². The van der Waals surface area contributed by atoms with Crippen molar-refractivity contribution in [3.63, 3.8) is 0 Å². The fraction of sp³-hybridized carbons (Fsp3) is 0.208. The quantitative estimate of drug-likeness (QED) is 0.559. The summed E-state index contributed by atoms with van der Waals surface area (Å²) in [6.45, 7) is 5.32. The molecular weight excluding hydrogens is 360 g/mol. The Balaban J connectivity index is 1.49. The van der Waals surface area contributed by atoms with Crippen LogP contribution in [0.15, 0.2) is 65.6 Å². The molecule has 0 unspecified atom stereocenters. The number of aromatic amines is 1. The third-order valence-electron chi connectivity index (χ3n) is 5.25. The normalized spacial score (nSPS) is 11.3. The summed E-state index contributed by atoms with van der Waals surface area (Å²) in [5, 5.41) is 1.20. The number of nitrogens with zero attached hydrogens (tertiary/aromatic N) is 3. The molecule has 4 aromatic rings. The SMILES string of the molecule is Cc1nc(-c2ccc(CN(C)Cc3cccc4ncccc34)cc2)[nH]c(=O)c1C. The minimum Gasteiger partial charge on any atom is -0.306 e. The first-order valence-corrected chi connectivity index (χ1v) is 9.69. The first-order chi connectivity index (χ1) is 14.0.